The summed E-state index contributed by atoms with van der Waals surface area (Å²) in [4.78, 5) is 39.1. The summed E-state index contributed by atoms with van der Waals surface area (Å²) >= 11 is 0. The van der Waals surface area contributed by atoms with Gasteiger partial charge in [0.15, 0.2) is 11.5 Å². The average Bonchev–Trinajstić information content (AvgIpc) is 2.92. The second-order valence-electron chi connectivity index (χ2n) is 8.53. The average molecular weight is 519 g/mol. The van der Waals surface area contributed by atoms with Crippen LogP contribution in [0.5, 0.6) is 17.2 Å². The lowest BCUT2D eigenvalue weighted by molar-refractivity contribution is -0.130. The molecule has 38 heavy (non-hydrogen) atoms. The van der Waals surface area contributed by atoms with Gasteiger partial charge in [-0.2, -0.15) is 0 Å². The summed E-state index contributed by atoms with van der Waals surface area (Å²) in [6, 6.07) is 17.2. The second kappa shape index (κ2) is 12.1. The Kier molecular flexibility index (Phi) is 8.37. The monoisotopic (exact) mass is 518 g/mol. The third kappa shape index (κ3) is 6.36. The third-order valence-electron chi connectivity index (χ3n) is 5.70. The maximum absolute atomic E-state index is 13.3. The first-order chi connectivity index (χ1) is 18.4. The molecule has 196 valence electrons. The number of hydrogen-bond donors (Lipinski definition) is 1. The van der Waals surface area contributed by atoms with E-state index in [1.165, 1.54) is 25.3 Å². The molecule has 3 aromatic carbocycles. The molecular weight excluding hydrogens is 491 g/mol. The number of halogens is 1. The number of hydrogen-bond acceptors (Lipinski definition) is 6. The van der Waals surface area contributed by atoms with Gasteiger partial charge in [-0.05, 0) is 65.6 Å². The molecule has 0 atom stereocenters. The van der Waals surface area contributed by atoms with Crippen molar-refractivity contribution in [2.24, 2.45) is 0 Å². The Labute approximate surface area is 219 Å². The number of nitrogens with one attached hydrogen (secondary N) is 1. The highest BCUT2D eigenvalue weighted by molar-refractivity contribution is 6.30. The molecular formula is C29H27FN2O6. The number of rotatable bonds is 10. The van der Waals surface area contributed by atoms with Gasteiger partial charge in [-0.3, -0.25) is 19.8 Å². The number of benzene rings is 3. The van der Waals surface area contributed by atoms with Crippen molar-refractivity contribution in [3.8, 4) is 17.2 Å². The zero-order valence-electron chi connectivity index (χ0n) is 21.0. The lowest BCUT2D eigenvalue weighted by Gasteiger charge is -2.26. The van der Waals surface area contributed by atoms with Gasteiger partial charge in [-0.1, -0.05) is 37.3 Å². The summed E-state index contributed by atoms with van der Waals surface area (Å²) in [5, 5.41) is 2.22. The van der Waals surface area contributed by atoms with E-state index < -0.39 is 17.8 Å². The Bertz CT molecular complexity index is 1370. The number of methoxy groups -OCH3 is 1. The molecule has 1 fully saturated rings. The molecule has 0 spiro atoms. The van der Waals surface area contributed by atoms with E-state index in [1.54, 1.807) is 54.6 Å². The SMILES string of the molecule is CCCOc1ccc(CN2C(=O)NC(=O)/C(=C\c3ccc(OCc4cccc(F)c4)cc3)C2=O)cc1OC. The Balaban J connectivity index is 1.47. The molecule has 8 nitrogen and oxygen atoms in total. The van der Waals surface area contributed by atoms with Crippen LogP contribution in [0.15, 0.2) is 72.3 Å². The van der Waals surface area contributed by atoms with E-state index in [0.29, 0.717) is 40.5 Å². The zero-order valence-corrected chi connectivity index (χ0v) is 21.0. The highest BCUT2D eigenvalue weighted by atomic mass is 19.1. The summed E-state index contributed by atoms with van der Waals surface area (Å²) < 4.78 is 30.0. The van der Waals surface area contributed by atoms with Crippen LogP contribution in [-0.2, 0) is 22.7 Å². The molecule has 0 aromatic heterocycles. The van der Waals surface area contributed by atoms with Crippen LogP contribution in [0, 0.1) is 5.82 Å². The maximum Gasteiger partial charge on any atom is 0.331 e. The number of nitrogens with zero attached hydrogens (tertiary/aromatic N) is 1. The van der Waals surface area contributed by atoms with Crippen molar-refractivity contribution in [1.29, 1.82) is 0 Å². The minimum absolute atomic E-state index is 0.0629. The van der Waals surface area contributed by atoms with E-state index in [0.717, 1.165) is 11.3 Å². The van der Waals surface area contributed by atoms with Gasteiger partial charge in [0.05, 0.1) is 20.3 Å². The predicted octanol–water partition coefficient (Wildman–Crippen LogP) is 4.86. The van der Waals surface area contributed by atoms with Crippen LogP contribution < -0.4 is 19.5 Å². The van der Waals surface area contributed by atoms with Crippen molar-refractivity contribution in [2.45, 2.75) is 26.5 Å². The normalized spacial score (nSPS) is 14.4. The summed E-state index contributed by atoms with van der Waals surface area (Å²) in [7, 11) is 1.51. The smallest absolute Gasteiger partial charge is 0.331 e. The predicted molar refractivity (Wildman–Crippen MR) is 138 cm³/mol. The quantitative estimate of drug-likeness (QED) is 0.304. The standard InChI is InChI=1S/C29H27FN2O6/c1-3-13-37-25-12-9-20(16-26(25)36-2)17-32-28(34)24(27(33)31-29(32)35)15-19-7-10-23(11-8-19)38-18-21-5-4-6-22(30)14-21/h4-12,14-16H,3,13,17-18H2,1-2H3,(H,31,33,35)/b24-15+. The number of barbiturate groups is 1. The molecule has 1 saturated heterocycles. The van der Waals surface area contributed by atoms with Gasteiger partial charge < -0.3 is 14.2 Å². The molecule has 4 rings (SSSR count). The fourth-order valence-corrected chi connectivity index (χ4v) is 3.78. The fraction of sp³-hybridized carbons (Fsp3) is 0.207. The van der Waals surface area contributed by atoms with Crippen molar-refractivity contribution in [3.63, 3.8) is 0 Å². The fourth-order valence-electron chi connectivity index (χ4n) is 3.78. The van der Waals surface area contributed by atoms with Gasteiger partial charge in [0.2, 0.25) is 0 Å². The van der Waals surface area contributed by atoms with Crippen LogP contribution in [0.3, 0.4) is 0 Å². The Morgan fingerprint density at radius 1 is 0.921 bits per heavy atom. The first-order valence-electron chi connectivity index (χ1n) is 12.0. The van der Waals surface area contributed by atoms with E-state index in [2.05, 4.69) is 5.32 Å². The number of urea groups is 1. The van der Waals surface area contributed by atoms with E-state index in [1.807, 2.05) is 6.92 Å². The summed E-state index contributed by atoms with van der Waals surface area (Å²) in [6.45, 7) is 2.64. The molecule has 0 radical (unpaired) electrons. The van der Waals surface area contributed by atoms with Crippen molar-refractivity contribution >= 4 is 23.9 Å². The molecule has 1 aliphatic heterocycles. The van der Waals surface area contributed by atoms with E-state index in [4.69, 9.17) is 14.2 Å². The molecule has 0 unspecified atom stereocenters. The number of imide groups is 2. The van der Waals surface area contributed by atoms with Crippen LogP contribution in [0.4, 0.5) is 9.18 Å². The Hall–Kier alpha value is -4.66. The van der Waals surface area contributed by atoms with Gasteiger partial charge in [0.25, 0.3) is 11.8 Å². The van der Waals surface area contributed by atoms with Crippen molar-refractivity contribution in [3.05, 3.63) is 94.8 Å². The first kappa shape index (κ1) is 26.4. The second-order valence-corrected chi connectivity index (χ2v) is 8.53. The molecule has 9 heteroatoms. The van der Waals surface area contributed by atoms with Gasteiger partial charge >= 0.3 is 6.03 Å². The largest absolute Gasteiger partial charge is 0.493 e. The first-order valence-corrected chi connectivity index (χ1v) is 12.0. The number of carbonyl (C=O) groups is 3. The highest BCUT2D eigenvalue weighted by Gasteiger charge is 2.35. The van der Waals surface area contributed by atoms with Crippen molar-refractivity contribution in [2.75, 3.05) is 13.7 Å². The molecule has 1 aliphatic rings. The van der Waals surface area contributed by atoms with Gasteiger partial charge in [-0.15, -0.1) is 0 Å². The molecule has 3 aromatic rings. The minimum Gasteiger partial charge on any atom is -0.493 e. The molecule has 1 N–H and O–H groups in total. The van der Waals surface area contributed by atoms with E-state index in [9.17, 15) is 18.8 Å². The number of ether oxygens (including phenoxy) is 3. The number of amides is 4. The van der Waals surface area contributed by atoms with Crippen LogP contribution in [-0.4, -0.2) is 36.5 Å². The molecule has 0 bridgehead atoms. The van der Waals surface area contributed by atoms with Crippen molar-refractivity contribution in [1.82, 2.24) is 10.2 Å². The van der Waals surface area contributed by atoms with Crippen LogP contribution in [0.1, 0.15) is 30.0 Å². The summed E-state index contributed by atoms with van der Waals surface area (Å²) in [6.07, 6.45) is 2.25. The van der Waals surface area contributed by atoms with Crippen molar-refractivity contribution < 1.29 is 33.0 Å². The number of carbonyl (C=O) groups excluding carboxylic acids is 3. The lowest BCUT2D eigenvalue weighted by atomic mass is 10.1. The van der Waals surface area contributed by atoms with Gasteiger partial charge in [0, 0.05) is 0 Å². The highest BCUT2D eigenvalue weighted by Crippen LogP contribution is 2.29. The minimum atomic E-state index is -0.802. The third-order valence-corrected chi connectivity index (χ3v) is 5.70. The van der Waals surface area contributed by atoms with Crippen LogP contribution in [0.2, 0.25) is 0 Å². The summed E-state index contributed by atoms with van der Waals surface area (Å²) in [5.74, 6) is -0.251. The Morgan fingerprint density at radius 2 is 1.71 bits per heavy atom. The van der Waals surface area contributed by atoms with E-state index >= 15 is 0 Å². The Morgan fingerprint density at radius 3 is 2.42 bits per heavy atom. The topological polar surface area (TPSA) is 94.2 Å². The molecule has 0 aliphatic carbocycles. The van der Waals surface area contributed by atoms with Gasteiger partial charge in [0.1, 0.15) is 23.7 Å². The molecule has 4 amide bonds. The van der Waals surface area contributed by atoms with Crippen LogP contribution >= 0.6 is 0 Å². The lowest BCUT2D eigenvalue weighted by Crippen LogP contribution is -2.53. The van der Waals surface area contributed by atoms with Gasteiger partial charge in [-0.25, -0.2) is 9.18 Å². The van der Waals surface area contributed by atoms with E-state index in [-0.39, 0.29) is 24.5 Å². The zero-order chi connectivity index (χ0) is 27.1. The summed E-state index contributed by atoms with van der Waals surface area (Å²) in [5.41, 5.74) is 1.71. The maximum atomic E-state index is 13.3. The molecule has 1 heterocycles. The molecule has 0 saturated carbocycles. The van der Waals surface area contributed by atoms with Crippen LogP contribution in [0.25, 0.3) is 6.08 Å².